The smallest absolute Gasteiger partial charge is 0.333 e. The van der Waals surface area contributed by atoms with Crippen molar-refractivity contribution < 1.29 is 48.2 Å². The van der Waals surface area contributed by atoms with Crippen LogP contribution in [0.5, 0.6) is 0 Å². The number of aliphatic hydroxyl groups is 2. The molecule has 0 rings (SSSR count). The maximum absolute atomic E-state index is 11.0. The topological polar surface area (TPSA) is 130 Å². The highest BCUT2D eigenvalue weighted by Crippen LogP contribution is 1.93. The second kappa shape index (κ2) is 23.5. The van der Waals surface area contributed by atoms with Crippen LogP contribution in [-0.2, 0) is 38.0 Å². The van der Waals surface area contributed by atoms with Crippen LogP contribution in [0.3, 0.4) is 0 Å². The summed E-state index contributed by atoms with van der Waals surface area (Å²) >= 11 is 0. The first-order valence-corrected chi connectivity index (χ1v) is 9.54. The van der Waals surface area contributed by atoms with Gasteiger partial charge in [-0.05, 0) is 13.8 Å². The summed E-state index contributed by atoms with van der Waals surface area (Å²) < 4.78 is 29.8. The molecule has 0 saturated heterocycles. The molecule has 0 aliphatic carbocycles. The Balaban J connectivity index is 0. The van der Waals surface area contributed by atoms with Crippen LogP contribution in [-0.4, -0.2) is 101 Å². The van der Waals surface area contributed by atoms with E-state index in [0.717, 1.165) is 0 Å². The quantitative estimate of drug-likeness (QED) is 0.175. The minimum Gasteiger partial charge on any atom is -0.460 e. The van der Waals surface area contributed by atoms with Gasteiger partial charge in [-0.2, -0.15) is 0 Å². The zero-order chi connectivity index (χ0) is 23.0. The van der Waals surface area contributed by atoms with Gasteiger partial charge in [0.2, 0.25) is 0 Å². The number of hydrogen-bond donors (Lipinski definition) is 2. The zero-order valence-corrected chi connectivity index (χ0v) is 18.1. The van der Waals surface area contributed by atoms with E-state index in [1.54, 1.807) is 13.8 Å². The standard InChI is InChI=1S/C14H22O6.C6H14O4/c1-11(2)13(15)19-9-7-17-5-6-18-8-10-20-14(16)12(3)4;7-1-3-9-5-6-10-4-2-8/h1,3,5-10H2,2,4H3;7-8H,1-6H2. The van der Waals surface area contributed by atoms with Gasteiger partial charge in [0.05, 0.1) is 66.1 Å². The van der Waals surface area contributed by atoms with E-state index < -0.39 is 11.9 Å². The Bertz CT molecular complexity index is 423. The Hall–Kier alpha value is -1.82. The summed E-state index contributed by atoms with van der Waals surface area (Å²) in [5, 5.41) is 16.5. The van der Waals surface area contributed by atoms with Crippen LogP contribution in [0.4, 0.5) is 0 Å². The molecule has 10 heteroatoms. The van der Waals surface area contributed by atoms with E-state index in [2.05, 4.69) is 13.2 Å². The fourth-order valence-corrected chi connectivity index (χ4v) is 1.41. The molecular formula is C20H36O10. The fraction of sp³-hybridized carbons (Fsp3) is 0.700. The van der Waals surface area contributed by atoms with Gasteiger partial charge in [-0.25, -0.2) is 9.59 Å². The average molecular weight is 436 g/mol. The lowest BCUT2D eigenvalue weighted by Crippen LogP contribution is -2.15. The molecule has 0 radical (unpaired) electrons. The summed E-state index contributed by atoms with van der Waals surface area (Å²) in [6, 6.07) is 0. The van der Waals surface area contributed by atoms with E-state index in [9.17, 15) is 9.59 Å². The molecule has 0 spiro atoms. The van der Waals surface area contributed by atoms with Crippen molar-refractivity contribution in [3.8, 4) is 0 Å². The lowest BCUT2D eigenvalue weighted by molar-refractivity contribution is -0.142. The third kappa shape index (κ3) is 24.2. The van der Waals surface area contributed by atoms with Crippen molar-refractivity contribution in [1.29, 1.82) is 0 Å². The molecular weight excluding hydrogens is 400 g/mol. The van der Waals surface area contributed by atoms with Gasteiger partial charge in [0.1, 0.15) is 13.2 Å². The number of carbonyl (C=O) groups is 2. The van der Waals surface area contributed by atoms with E-state index in [-0.39, 0.29) is 26.4 Å². The maximum atomic E-state index is 11.0. The third-order valence-electron chi connectivity index (χ3n) is 2.83. The minimum absolute atomic E-state index is 0.0417. The van der Waals surface area contributed by atoms with Crippen LogP contribution in [0.25, 0.3) is 0 Å². The molecule has 0 heterocycles. The predicted molar refractivity (Wildman–Crippen MR) is 109 cm³/mol. The summed E-state index contributed by atoms with van der Waals surface area (Å²) in [6.07, 6.45) is 0. The highest BCUT2D eigenvalue weighted by Gasteiger charge is 2.03. The van der Waals surface area contributed by atoms with Gasteiger partial charge in [0.25, 0.3) is 0 Å². The van der Waals surface area contributed by atoms with Gasteiger partial charge >= 0.3 is 11.9 Å². The lowest BCUT2D eigenvalue weighted by Gasteiger charge is -2.07. The van der Waals surface area contributed by atoms with Crippen LogP contribution in [0.2, 0.25) is 0 Å². The van der Waals surface area contributed by atoms with Crippen molar-refractivity contribution in [1.82, 2.24) is 0 Å². The highest BCUT2D eigenvalue weighted by atomic mass is 16.6. The Kier molecular flexibility index (Phi) is 23.8. The van der Waals surface area contributed by atoms with Crippen LogP contribution in [0, 0.1) is 0 Å². The monoisotopic (exact) mass is 436 g/mol. The van der Waals surface area contributed by atoms with Gasteiger partial charge in [-0.1, -0.05) is 13.2 Å². The molecule has 0 aliphatic rings. The Morgan fingerprint density at radius 2 is 0.833 bits per heavy atom. The molecule has 0 amide bonds. The molecule has 0 atom stereocenters. The second-order valence-electron chi connectivity index (χ2n) is 5.73. The molecule has 0 aromatic carbocycles. The number of hydrogen-bond acceptors (Lipinski definition) is 10. The number of carbonyl (C=O) groups excluding carboxylic acids is 2. The summed E-state index contributed by atoms with van der Waals surface area (Å²) in [4.78, 5) is 22.0. The zero-order valence-electron chi connectivity index (χ0n) is 18.1. The molecule has 0 aliphatic heterocycles. The van der Waals surface area contributed by atoms with Crippen molar-refractivity contribution in [3.63, 3.8) is 0 Å². The molecule has 0 bridgehead atoms. The van der Waals surface area contributed by atoms with E-state index in [4.69, 9.17) is 38.6 Å². The first-order chi connectivity index (χ1) is 14.4. The van der Waals surface area contributed by atoms with Crippen molar-refractivity contribution >= 4 is 11.9 Å². The molecule has 0 unspecified atom stereocenters. The normalized spacial score (nSPS) is 10.0. The van der Waals surface area contributed by atoms with Crippen LogP contribution in [0.15, 0.2) is 24.3 Å². The number of aliphatic hydroxyl groups excluding tert-OH is 2. The minimum atomic E-state index is -0.427. The highest BCUT2D eigenvalue weighted by molar-refractivity contribution is 5.87. The molecule has 0 aromatic rings. The van der Waals surface area contributed by atoms with Crippen LogP contribution >= 0.6 is 0 Å². The fourth-order valence-electron chi connectivity index (χ4n) is 1.41. The van der Waals surface area contributed by atoms with E-state index in [1.807, 2.05) is 0 Å². The number of esters is 2. The number of ether oxygens (including phenoxy) is 6. The second-order valence-corrected chi connectivity index (χ2v) is 5.73. The summed E-state index contributed by atoms with van der Waals surface area (Å²) in [5.41, 5.74) is 0.718. The van der Waals surface area contributed by atoms with E-state index in [1.165, 1.54) is 0 Å². The molecule has 0 aromatic heterocycles. The number of rotatable bonds is 18. The SMILES string of the molecule is C=C(C)C(=O)OCCOCCOCCOC(=O)C(=C)C.OCCOCCOCCO. The van der Waals surface area contributed by atoms with Gasteiger partial charge in [0.15, 0.2) is 0 Å². The van der Waals surface area contributed by atoms with Crippen molar-refractivity contribution in [2.24, 2.45) is 0 Å². The molecule has 0 saturated carbocycles. The molecule has 2 N–H and O–H groups in total. The first kappa shape index (κ1) is 30.4. The predicted octanol–water partition coefficient (Wildman–Crippen LogP) is 0.262. The maximum Gasteiger partial charge on any atom is 0.333 e. The summed E-state index contributed by atoms with van der Waals surface area (Å²) in [5.74, 6) is -0.853. The van der Waals surface area contributed by atoms with Crippen molar-refractivity contribution in [2.45, 2.75) is 13.8 Å². The molecule has 10 nitrogen and oxygen atoms in total. The van der Waals surface area contributed by atoms with E-state index in [0.29, 0.717) is 64.0 Å². The Morgan fingerprint density at radius 3 is 1.10 bits per heavy atom. The van der Waals surface area contributed by atoms with Crippen LogP contribution < -0.4 is 0 Å². The van der Waals surface area contributed by atoms with Crippen LogP contribution in [0.1, 0.15) is 13.8 Å². The van der Waals surface area contributed by atoms with E-state index >= 15 is 0 Å². The summed E-state index contributed by atoms with van der Waals surface area (Å²) in [6.45, 7) is 13.5. The molecule has 30 heavy (non-hydrogen) atoms. The Labute approximate surface area is 178 Å². The largest absolute Gasteiger partial charge is 0.460 e. The lowest BCUT2D eigenvalue weighted by atomic mass is 10.4. The first-order valence-electron chi connectivity index (χ1n) is 9.54. The van der Waals surface area contributed by atoms with Gasteiger partial charge < -0.3 is 38.6 Å². The molecule has 176 valence electrons. The van der Waals surface area contributed by atoms with Gasteiger partial charge in [-0.15, -0.1) is 0 Å². The van der Waals surface area contributed by atoms with Crippen molar-refractivity contribution in [2.75, 3.05) is 79.3 Å². The van der Waals surface area contributed by atoms with Crippen molar-refractivity contribution in [3.05, 3.63) is 24.3 Å². The summed E-state index contributed by atoms with van der Waals surface area (Å²) in [7, 11) is 0. The Morgan fingerprint density at radius 1 is 0.567 bits per heavy atom. The van der Waals surface area contributed by atoms with Gasteiger partial charge in [0, 0.05) is 11.1 Å². The molecule has 0 fully saturated rings. The van der Waals surface area contributed by atoms with Gasteiger partial charge in [-0.3, -0.25) is 0 Å². The third-order valence-corrected chi connectivity index (χ3v) is 2.83. The average Bonchev–Trinajstić information content (AvgIpc) is 2.71.